The van der Waals surface area contributed by atoms with Crippen molar-refractivity contribution in [2.45, 2.75) is 22.6 Å². The summed E-state index contributed by atoms with van der Waals surface area (Å²) in [6.45, 7) is 1.25. The molecule has 3 aromatic rings. The van der Waals surface area contributed by atoms with Gasteiger partial charge in [-0.3, -0.25) is 9.59 Å². The van der Waals surface area contributed by atoms with E-state index < -0.39 is 23.2 Å². The maximum atomic E-state index is 13.6. The molecule has 0 saturated carbocycles. The van der Waals surface area contributed by atoms with Gasteiger partial charge in [-0.2, -0.15) is 18.2 Å². The molecule has 2 heterocycles. The van der Waals surface area contributed by atoms with Gasteiger partial charge in [0.1, 0.15) is 6.61 Å². The van der Waals surface area contributed by atoms with Crippen molar-refractivity contribution in [2.24, 2.45) is 5.73 Å². The van der Waals surface area contributed by atoms with Crippen LogP contribution in [0.3, 0.4) is 0 Å². The van der Waals surface area contributed by atoms with Gasteiger partial charge in [-0.25, -0.2) is 4.98 Å². The smallest absolute Gasteiger partial charge is 0.417 e. The lowest BCUT2D eigenvalue weighted by Crippen LogP contribution is -2.49. The Kier molecular flexibility index (Phi) is 8.19. The predicted molar refractivity (Wildman–Crippen MR) is 141 cm³/mol. The minimum Gasteiger partial charge on any atom is -0.472 e. The number of ether oxygens (including phenoxy) is 1. The third kappa shape index (κ3) is 6.72. The van der Waals surface area contributed by atoms with Crippen LogP contribution in [0.1, 0.15) is 21.5 Å². The van der Waals surface area contributed by atoms with Crippen molar-refractivity contribution in [3.63, 3.8) is 0 Å². The van der Waals surface area contributed by atoms with Crippen LogP contribution in [0.25, 0.3) is 0 Å². The number of alkyl halides is 3. The number of benzene rings is 2. The number of nitrogens with two attached hydrogens (primary N) is 1. The van der Waals surface area contributed by atoms with Crippen molar-refractivity contribution >= 4 is 35.2 Å². The molecule has 0 radical (unpaired) electrons. The monoisotopic (exact) mass is 560 g/mol. The molecule has 1 fully saturated rings. The number of hydrogen-bond acceptors (Lipinski definition) is 8. The Labute approximate surface area is 227 Å². The van der Waals surface area contributed by atoms with Crippen molar-refractivity contribution in [3.05, 3.63) is 65.4 Å². The zero-order valence-corrected chi connectivity index (χ0v) is 22.3. The van der Waals surface area contributed by atoms with E-state index in [1.54, 1.807) is 16.8 Å². The molecule has 2 aromatic carbocycles. The molecule has 1 aromatic heterocycles. The Balaban J connectivity index is 1.67. The topological polar surface area (TPSA) is 105 Å². The van der Waals surface area contributed by atoms with E-state index in [0.717, 1.165) is 35.1 Å². The number of likely N-dealkylation sites (N-methyl/N-ethyl adjacent to an activating group) is 1. The predicted octanol–water partition coefficient (Wildman–Crippen LogP) is 3.67. The van der Waals surface area contributed by atoms with Gasteiger partial charge in [-0.1, -0.05) is 23.9 Å². The lowest BCUT2D eigenvalue weighted by Gasteiger charge is -2.32. The average molecular weight is 561 g/mol. The number of amides is 2. The molecule has 1 aliphatic rings. The van der Waals surface area contributed by atoms with Crippen LogP contribution in [0.2, 0.25) is 0 Å². The minimum atomic E-state index is -4.77. The summed E-state index contributed by atoms with van der Waals surface area (Å²) in [6, 6.07) is 11.0. The fraction of sp³-hybridized carbons (Fsp3) is 0.308. The quantitative estimate of drug-likeness (QED) is 0.445. The van der Waals surface area contributed by atoms with E-state index in [4.69, 9.17) is 10.5 Å². The van der Waals surface area contributed by atoms with E-state index >= 15 is 0 Å². The molecular formula is C26H27F3N6O3S. The summed E-state index contributed by atoms with van der Waals surface area (Å²) in [6.07, 6.45) is -3.32. The molecule has 2 amide bonds. The first-order chi connectivity index (χ1) is 18.4. The van der Waals surface area contributed by atoms with Crippen molar-refractivity contribution in [1.82, 2.24) is 14.9 Å². The highest BCUT2D eigenvalue weighted by atomic mass is 32.2. The van der Waals surface area contributed by atoms with E-state index in [2.05, 4.69) is 9.97 Å². The fourth-order valence-electron chi connectivity index (χ4n) is 3.84. The highest BCUT2D eigenvalue weighted by Crippen LogP contribution is 2.39. The molecule has 0 spiro atoms. The fourth-order valence-corrected chi connectivity index (χ4v) is 4.70. The Hall–Kier alpha value is -4.00. The largest absolute Gasteiger partial charge is 0.472 e. The Bertz CT molecular complexity index is 1390. The van der Waals surface area contributed by atoms with E-state index in [9.17, 15) is 22.8 Å². The summed E-state index contributed by atoms with van der Waals surface area (Å²) in [5.74, 6) is -0.824. The number of carbonyl (C=O) groups is 2. The van der Waals surface area contributed by atoms with Crippen LogP contribution >= 0.6 is 11.8 Å². The van der Waals surface area contributed by atoms with Crippen LogP contribution in [0.15, 0.2) is 58.5 Å². The van der Waals surface area contributed by atoms with Crippen LogP contribution in [-0.2, 0) is 17.6 Å². The average Bonchev–Trinajstić information content (AvgIpc) is 2.89. The molecule has 1 aliphatic heterocycles. The van der Waals surface area contributed by atoms with Gasteiger partial charge in [0, 0.05) is 44.8 Å². The number of primary amides is 1. The van der Waals surface area contributed by atoms with E-state index in [0.29, 0.717) is 18.0 Å². The summed E-state index contributed by atoms with van der Waals surface area (Å²) in [7, 11) is 5.55. The highest BCUT2D eigenvalue weighted by molar-refractivity contribution is 7.99. The zero-order valence-electron chi connectivity index (χ0n) is 21.5. The second-order valence-corrected chi connectivity index (χ2v) is 10.2. The van der Waals surface area contributed by atoms with Gasteiger partial charge in [0.05, 0.1) is 28.8 Å². The molecule has 4 rings (SSSR count). The lowest BCUT2D eigenvalue weighted by molar-refractivity contribution is -0.138. The van der Waals surface area contributed by atoms with Crippen LogP contribution < -0.4 is 20.3 Å². The highest BCUT2D eigenvalue weighted by Gasteiger charge is 2.35. The number of piperazine rings is 1. The first-order valence-corrected chi connectivity index (χ1v) is 12.7. The van der Waals surface area contributed by atoms with Gasteiger partial charge >= 0.3 is 6.18 Å². The Morgan fingerprint density at radius 3 is 2.62 bits per heavy atom. The van der Waals surface area contributed by atoms with E-state index in [-0.39, 0.29) is 35.8 Å². The maximum Gasteiger partial charge on any atom is 0.417 e. The Morgan fingerprint density at radius 1 is 1.18 bits per heavy atom. The number of carbonyl (C=O) groups excluding carboxylic acids is 2. The third-order valence-corrected chi connectivity index (χ3v) is 7.03. The summed E-state index contributed by atoms with van der Waals surface area (Å²) >= 11 is 0.960. The molecule has 39 heavy (non-hydrogen) atoms. The number of anilines is 2. The molecule has 2 N–H and O–H groups in total. The third-order valence-electron chi connectivity index (χ3n) is 6.04. The maximum absolute atomic E-state index is 13.6. The standard InChI is InChI=1S/C26H27F3N6O3S/c1-33(2)17-6-4-5-16(11-17)15-38-24-21(13-31-25(32-24)35-10-9-34(3)22(36)14-35)39-18-7-8-19(23(30)37)20(12-18)26(27,28)29/h4-8,11-13H,9-10,14-15H2,1-3H3,(H2,30,37). The molecule has 0 aliphatic carbocycles. The molecule has 13 heteroatoms. The first kappa shape index (κ1) is 28.0. The molecule has 206 valence electrons. The van der Waals surface area contributed by atoms with Crippen LogP contribution in [0, 0.1) is 0 Å². The van der Waals surface area contributed by atoms with E-state index in [1.807, 2.05) is 43.3 Å². The number of hydrogen-bond donors (Lipinski definition) is 1. The van der Waals surface area contributed by atoms with Crippen molar-refractivity contribution in [1.29, 1.82) is 0 Å². The minimum absolute atomic E-state index is 0.0829. The second kappa shape index (κ2) is 11.4. The molecular weight excluding hydrogens is 533 g/mol. The number of halogens is 3. The Morgan fingerprint density at radius 2 is 1.95 bits per heavy atom. The first-order valence-electron chi connectivity index (χ1n) is 11.9. The van der Waals surface area contributed by atoms with Crippen molar-refractivity contribution in [2.75, 3.05) is 50.6 Å². The van der Waals surface area contributed by atoms with Gasteiger partial charge in [0.25, 0.3) is 0 Å². The number of rotatable bonds is 8. The van der Waals surface area contributed by atoms with Crippen molar-refractivity contribution in [3.8, 4) is 5.88 Å². The van der Waals surface area contributed by atoms with Gasteiger partial charge in [-0.15, -0.1) is 0 Å². The molecule has 9 nitrogen and oxygen atoms in total. The summed E-state index contributed by atoms with van der Waals surface area (Å²) < 4.78 is 46.9. The van der Waals surface area contributed by atoms with E-state index in [1.165, 1.54) is 12.3 Å². The van der Waals surface area contributed by atoms with Crippen LogP contribution in [0.4, 0.5) is 24.8 Å². The molecule has 0 unspecified atom stereocenters. The summed E-state index contributed by atoms with van der Waals surface area (Å²) in [5.41, 5.74) is 5.23. The van der Waals surface area contributed by atoms with Gasteiger partial charge in [0.15, 0.2) is 0 Å². The zero-order chi connectivity index (χ0) is 28.3. The van der Waals surface area contributed by atoms with Gasteiger partial charge in [-0.05, 0) is 35.9 Å². The SMILES string of the molecule is CN1CCN(c2ncc(Sc3ccc(C(N)=O)c(C(F)(F)F)c3)c(OCc3cccc(N(C)C)c3)n2)CC1=O. The van der Waals surface area contributed by atoms with Crippen LogP contribution in [0.5, 0.6) is 5.88 Å². The van der Waals surface area contributed by atoms with Crippen molar-refractivity contribution < 1.29 is 27.5 Å². The molecule has 1 saturated heterocycles. The number of aromatic nitrogens is 2. The number of nitrogens with zero attached hydrogens (tertiary/aromatic N) is 5. The second-order valence-electron chi connectivity index (χ2n) is 9.10. The molecule has 0 bridgehead atoms. The normalized spacial score (nSPS) is 13.9. The van der Waals surface area contributed by atoms with Gasteiger partial charge in [0.2, 0.25) is 23.6 Å². The van der Waals surface area contributed by atoms with Gasteiger partial charge < -0.3 is 25.2 Å². The summed E-state index contributed by atoms with van der Waals surface area (Å²) in [4.78, 5) is 38.5. The summed E-state index contributed by atoms with van der Waals surface area (Å²) in [5, 5.41) is 0. The molecule has 0 atom stereocenters. The van der Waals surface area contributed by atoms with Crippen LogP contribution in [-0.4, -0.2) is 67.5 Å². The lowest BCUT2D eigenvalue weighted by atomic mass is 10.1.